The van der Waals surface area contributed by atoms with E-state index in [-0.39, 0.29) is 18.3 Å². The molecule has 0 aliphatic carbocycles. The molecule has 0 aliphatic rings. The lowest BCUT2D eigenvalue weighted by atomic mass is 10.1. The molecule has 0 aliphatic heterocycles. The number of rotatable bonds is 11. The standard InChI is InChI=1S/C21H23F5NO5P/c1-4-13(5-2)11-30-21(28)12(3)27-33(29,31-14-9-7-6-8-10-14)32-20-18(25)16(23)15(22)17(24)19(20)26/h6-10,12-13H,4-5,11H2,1-3H3,(H,27,29)/t12?,33-/m0/s1. The van der Waals surface area contributed by atoms with Gasteiger partial charge in [-0.2, -0.15) is 13.9 Å². The molecule has 33 heavy (non-hydrogen) atoms. The first-order valence-electron chi connectivity index (χ1n) is 10.0. The number of hydrogen-bond acceptors (Lipinski definition) is 5. The Bertz CT molecular complexity index is 991. The Labute approximate surface area is 187 Å². The number of carbonyl (C=O) groups is 1. The smallest absolute Gasteiger partial charge is 0.464 e. The fourth-order valence-electron chi connectivity index (χ4n) is 2.62. The molecule has 0 fully saturated rings. The summed E-state index contributed by atoms with van der Waals surface area (Å²) in [6, 6.07) is 5.71. The maximum atomic E-state index is 14.1. The highest BCUT2D eigenvalue weighted by Crippen LogP contribution is 2.47. The second-order valence-electron chi connectivity index (χ2n) is 7.06. The summed E-state index contributed by atoms with van der Waals surface area (Å²) in [7, 11) is -4.93. The molecular formula is C21H23F5NO5P. The van der Waals surface area contributed by atoms with Crippen molar-refractivity contribution < 1.29 is 45.1 Å². The van der Waals surface area contributed by atoms with Crippen LogP contribution in [0.1, 0.15) is 33.6 Å². The molecule has 0 amide bonds. The zero-order chi connectivity index (χ0) is 24.8. The third kappa shape index (κ3) is 6.68. The maximum Gasteiger partial charge on any atom is 0.513 e. The van der Waals surface area contributed by atoms with Gasteiger partial charge in [0.05, 0.1) is 6.61 Å². The van der Waals surface area contributed by atoms with E-state index in [1.54, 1.807) is 6.07 Å². The van der Waals surface area contributed by atoms with Gasteiger partial charge in [0.25, 0.3) is 0 Å². The Kier molecular flexibility index (Phi) is 9.25. The third-order valence-electron chi connectivity index (χ3n) is 4.67. The van der Waals surface area contributed by atoms with Crippen molar-refractivity contribution >= 4 is 13.7 Å². The van der Waals surface area contributed by atoms with Crippen molar-refractivity contribution in [2.45, 2.75) is 39.7 Å². The van der Waals surface area contributed by atoms with E-state index in [1.807, 2.05) is 13.8 Å². The van der Waals surface area contributed by atoms with Crippen LogP contribution in [-0.2, 0) is 14.1 Å². The maximum absolute atomic E-state index is 14.1. The predicted molar refractivity (Wildman–Crippen MR) is 109 cm³/mol. The Balaban J connectivity index is 2.34. The summed E-state index contributed by atoms with van der Waals surface area (Å²) in [5, 5.41) is 2.12. The number of hydrogen-bond donors (Lipinski definition) is 1. The molecule has 0 radical (unpaired) electrons. The topological polar surface area (TPSA) is 73.9 Å². The van der Waals surface area contributed by atoms with Gasteiger partial charge in [-0.1, -0.05) is 44.9 Å². The summed E-state index contributed by atoms with van der Waals surface area (Å²) in [5.74, 6) is -14.5. The number of esters is 1. The number of ether oxygens (including phenoxy) is 1. The van der Waals surface area contributed by atoms with Crippen LogP contribution in [0.15, 0.2) is 30.3 Å². The lowest BCUT2D eigenvalue weighted by Crippen LogP contribution is -2.36. The van der Waals surface area contributed by atoms with Crippen LogP contribution in [0.2, 0.25) is 0 Å². The summed E-state index contributed by atoms with van der Waals surface area (Å²) < 4.78 is 97.0. The quantitative estimate of drug-likeness (QED) is 0.138. The largest absolute Gasteiger partial charge is 0.513 e. The Morgan fingerprint density at radius 1 is 0.909 bits per heavy atom. The van der Waals surface area contributed by atoms with Gasteiger partial charge >= 0.3 is 13.7 Å². The minimum absolute atomic E-state index is 0.0696. The van der Waals surface area contributed by atoms with Crippen molar-refractivity contribution in [3.05, 3.63) is 59.4 Å². The first-order valence-corrected chi connectivity index (χ1v) is 11.6. The number of halogens is 5. The summed E-state index contributed by atoms with van der Waals surface area (Å²) in [5.41, 5.74) is 0. The predicted octanol–water partition coefficient (Wildman–Crippen LogP) is 5.91. The van der Waals surface area contributed by atoms with Gasteiger partial charge in [0.15, 0.2) is 0 Å². The van der Waals surface area contributed by atoms with Gasteiger partial charge in [-0.3, -0.25) is 4.79 Å². The highest BCUT2D eigenvalue weighted by molar-refractivity contribution is 7.52. The monoisotopic (exact) mass is 495 g/mol. The average Bonchev–Trinajstić information content (AvgIpc) is 2.80. The molecule has 182 valence electrons. The van der Waals surface area contributed by atoms with Crippen LogP contribution in [0.3, 0.4) is 0 Å². The molecule has 2 aromatic rings. The first kappa shape index (κ1) is 26.6. The van der Waals surface area contributed by atoms with Gasteiger partial charge in [-0.05, 0) is 25.0 Å². The molecule has 0 saturated heterocycles. The summed E-state index contributed by atoms with van der Waals surface area (Å²) in [6.45, 7) is 5.09. The fourth-order valence-corrected chi connectivity index (χ4v) is 4.14. The van der Waals surface area contributed by atoms with E-state index in [2.05, 4.69) is 5.09 Å². The van der Waals surface area contributed by atoms with E-state index in [0.29, 0.717) is 0 Å². The molecule has 2 rings (SSSR count). The Morgan fingerprint density at radius 2 is 1.42 bits per heavy atom. The van der Waals surface area contributed by atoms with E-state index < -0.39 is 54.6 Å². The van der Waals surface area contributed by atoms with Gasteiger partial charge < -0.3 is 13.8 Å². The van der Waals surface area contributed by atoms with Crippen LogP contribution >= 0.6 is 7.75 Å². The second kappa shape index (κ2) is 11.5. The Hall–Kier alpha value is -2.65. The zero-order valence-electron chi connectivity index (χ0n) is 18.0. The van der Waals surface area contributed by atoms with Gasteiger partial charge in [0, 0.05) is 0 Å². The van der Waals surface area contributed by atoms with Gasteiger partial charge in [0.2, 0.25) is 34.8 Å². The molecule has 12 heteroatoms. The van der Waals surface area contributed by atoms with Crippen molar-refractivity contribution in [2.24, 2.45) is 5.92 Å². The van der Waals surface area contributed by atoms with E-state index in [4.69, 9.17) is 13.8 Å². The summed E-state index contributed by atoms with van der Waals surface area (Å²) >= 11 is 0. The zero-order valence-corrected chi connectivity index (χ0v) is 18.9. The third-order valence-corrected chi connectivity index (χ3v) is 6.25. The molecule has 2 aromatic carbocycles. The van der Waals surface area contributed by atoms with Crippen molar-refractivity contribution in [3.8, 4) is 11.5 Å². The van der Waals surface area contributed by atoms with Gasteiger partial charge in [-0.15, -0.1) is 0 Å². The molecule has 0 bridgehead atoms. The molecule has 0 heterocycles. The van der Waals surface area contributed by atoms with E-state index in [0.717, 1.165) is 12.8 Å². The highest BCUT2D eigenvalue weighted by atomic mass is 31.2. The highest BCUT2D eigenvalue weighted by Gasteiger charge is 2.38. The lowest BCUT2D eigenvalue weighted by Gasteiger charge is -2.24. The van der Waals surface area contributed by atoms with E-state index >= 15 is 0 Å². The van der Waals surface area contributed by atoms with Crippen molar-refractivity contribution in [1.29, 1.82) is 0 Å². The first-order chi connectivity index (χ1) is 15.5. The molecule has 0 aromatic heterocycles. The van der Waals surface area contributed by atoms with Crippen molar-refractivity contribution in [2.75, 3.05) is 6.61 Å². The lowest BCUT2D eigenvalue weighted by molar-refractivity contribution is -0.146. The van der Waals surface area contributed by atoms with Crippen LogP contribution in [0.5, 0.6) is 11.5 Å². The van der Waals surface area contributed by atoms with Crippen LogP contribution in [0.4, 0.5) is 22.0 Å². The minimum atomic E-state index is -4.93. The molecule has 0 saturated carbocycles. The van der Waals surface area contributed by atoms with Crippen LogP contribution in [0.25, 0.3) is 0 Å². The molecule has 2 atom stereocenters. The average molecular weight is 495 g/mol. The second-order valence-corrected chi connectivity index (χ2v) is 8.67. The normalized spacial score (nSPS) is 14.0. The molecule has 1 unspecified atom stereocenters. The minimum Gasteiger partial charge on any atom is -0.464 e. The fraction of sp³-hybridized carbons (Fsp3) is 0.381. The van der Waals surface area contributed by atoms with E-state index in [1.165, 1.54) is 31.2 Å². The number of nitrogens with one attached hydrogen (secondary N) is 1. The SMILES string of the molecule is CCC(CC)COC(=O)C(C)N[P@](=O)(Oc1ccccc1)Oc1c(F)c(F)c(F)c(F)c1F. The molecule has 6 nitrogen and oxygen atoms in total. The van der Waals surface area contributed by atoms with E-state index in [9.17, 15) is 31.3 Å². The number of para-hydroxylation sites is 1. The van der Waals surface area contributed by atoms with Gasteiger partial charge in [0.1, 0.15) is 11.8 Å². The van der Waals surface area contributed by atoms with Crippen LogP contribution < -0.4 is 14.1 Å². The van der Waals surface area contributed by atoms with Gasteiger partial charge in [-0.25, -0.2) is 17.7 Å². The number of carbonyl (C=O) groups excluding carboxylic acids is 1. The molecule has 0 spiro atoms. The van der Waals surface area contributed by atoms with Crippen molar-refractivity contribution in [3.63, 3.8) is 0 Å². The summed E-state index contributed by atoms with van der Waals surface area (Å²) in [6.07, 6.45) is 1.48. The Morgan fingerprint density at radius 3 is 1.94 bits per heavy atom. The van der Waals surface area contributed by atoms with Crippen LogP contribution in [-0.4, -0.2) is 18.6 Å². The number of benzene rings is 2. The van der Waals surface area contributed by atoms with Crippen LogP contribution in [0, 0.1) is 35.0 Å². The summed E-state index contributed by atoms with van der Waals surface area (Å²) in [4.78, 5) is 12.3. The molecular weight excluding hydrogens is 472 g/mol. The molecule has 1 N–H and O–H groups in total. The van der Waals surface area contributed by atoms with Crippen molar-refractivity contribution in [1.82, 2.24) is 5.09 Å².